The summed E-state index contributed by atoms with van der Waals surface area (Å²) in [6.07, 6.45) is -0.874. The molecular formula is C18H25N6O5S+. The van der Waals surface area contributed by atoms with Gasteiger partial charge in [0.05, 0.1) is 6.33 Å². The summed E-state index contributed by atoms with van der Waals surface area (Å²) >= 11 is 0. The first-order valence-corrected chi connectivity index (χ1v) is 11.0. The van der Waals surface area contributed by atoms with Gasteiger partial charge in [0.15, 0.2) is 23.4 Å². The predicted molar refractivity (Wildman–Crippen MR) is 111 cm³/mol. The molecule has 0 radical (unpaired) electrons. The molecule has 0 spiro atoms. The summed E-state index contributed by atoms with van der Waals surface area (Å²) in [6.45, 7) is 1.73. The number of imidazole rings is 1. The highest BCUT2D eigenvalue weighted by Crippen LogP contribution is 2.32. The van der Waals surface area contributed by atoms with Crippen molar-refractivity contribution in [3.8, 4) is 11.8 Å². The zero-order valence-electron chi connectivity index (χ0n) is 16.4. The Morgan fingerprint density at radius 1 is 1.37 bits per heavy atom. The maximum Gasteiger partial charge on any atom is 0.320 e. The van der Waals surface area contributed by atoms with E-state index in [1.807, 2.05) is 0 Å². The lowest BCUT2D eigenvalue weighted by Gasteiger charge is -2.16. The van der Waals surface area contributed by atoms with Gasteiger partial charge >= 0.3 is 5.97 Å². The molecule has 2 aromatic heterocycles. The van der Waals surface area contributed by atoms with Crippen molar-refractivity contribution in [2.24, 2.45) is 5.73 Å². The second kappa shape index (κ2) is 9.59. The van der Waals surface area contributed by atoms with Crippen LogP contribution in [0.2, 0.25) is 0 Å². The number of aliphatic hydroxyl groups is 2. The van der Waals surface area contributed by atoms with Gasteiger partial charge in [0.1, 0.15) is 47.7 Å². The largest absolute Gasteiger partial charge is 0.480 e. The zero-order chi connectivity index (χ0) is 21.8. The Morgan fingerprint density at radius 2 is 2.13 bits per heavy atom. The predicted octanol–water partition coefficient (Wildman–Crippen LogP) is -1.53. The number of aliphatic hydroxyl groups excluding tert-OH is 2. The third-order valence-electron chi connectivity index (χ3n) is 4.89. The molecular weight excluding hydrogens is 412 g/mol. The van der Waals surface area contributed by atoms with E-state index in [0.29, 0.717) is 34.8 Å². The highest BCUT2D eigenvalue weighted by molar-refractivity contribution is 7.97. The molecule has 6 atom stereocenters. The van der Waals surface area contributed by atoms with Crippen LogP contribution >= 0.6 is 0 Å². The summed E-state index contributed by atoms with van der Waals surface area (Å²) in [4.78, 5) is 23.2. The lowest BCUT2D eigenvalue weighted by Crippen LogP contribution is -2.38. The number of hydrogen-bond acceptors (Lipinski definition) is 9. The molecule has 1 fully saturated rings. The van der Waals surface area contributed by atoms with E-state index in [4.69, 9.17) is 21.3 Å². The second-order valence-electron chi connectivity index (χ2n) is 6.92. The van der Waals surface area contributed by atoms with E-state index in [1.54, 1.807) is 6.92 Å². The molecule has 3 rings (SSSR count). The van der Waals surface area contributed by atoms with Crippen molar-refractivity contribution < 1.29 is 24.9 Å². The maximum absolute atomic E-state index is 11.0. The summed E-state index contributed by atoms with van der Waals surface area (Å²) in [5, 5.41) is 30.2. The van der Waals surface area contributed by atoms with Crippen molar-refractivity contribution in [3.05, 3.63) is 12.7 Å². The van der Waals surface area contributed by atoms with Crippen molar-refractivity contribution in [1.29, 1.82) is 0 Å². The lowest BCUT2D eigenvalue weighted by molar-refractivity contribution is -0.138. The standard InChI is InChI=1S/C18H24N6O5S/c1-2-3-5-30(6-4-10(19)18(27)28)7-11-13(25)14(26)17(29-11)24-9-23-12-15(20)21-8-22-16(12)24/h8-11,13-14,17,25-26H,4-7,19H2,1H3,(H2-,20,21,22,27,28)/p+1/t10-,11+,13?,14-,17+,30-/m0/s1. The average Bonchev–Trinajstić information content (AvgIpc) is 3.26. The van der Waals surface area contributed by atoms with Crippen molar-refractivity contribution in [2.75, 3.05) is 23.0 Å². The minimum atomic E-state index is -1.20. The molecule has 1 saturated heterocycles. The van der Waals surface area contributed by atoms with Crippen LogP contribution in [-0.4, -0.2) is 82.4 Å². The van der Waals surface area contributed by atoms with Crippen LogP contribution in [-0.2, 0) is 20.4 Å². The molecule has 0 aromatic carbocycles. The molecule has 162 valence electrons. The Balaban J connectivity index is 1.74. The van der Waals surface area contributed by atoms with Crippen molar-refractivity contribution >= 4 is 33.8 Å². The minimum Gasteiger partial charge on any atom is -0.480 e. The molecule has 30 heavy (non-hydrogen) atoms. The van der Waals surface area contributed by atoms with E-state index in [1.165, 1.54) is 17.2 Å². The topological polar surface area (TPSA) is 183 Å². The average molecular weight is 438 g/mol. The van der Waals surface area contributed by atoms with E-state index in [0.717, 1.165) is 0 Å². The fourth-order valence-corrected chi connectivity index (χ4v) is 5.30. The van der Waals surface area contributed by atoms with Gasteiger partial charge < -0.3 is 31.5 Å². The molecule has 2 aromatic rings. The number of nitrogen functional groups attached to an aromatic ring is 1. The maximum atomic E-state index is 11.0. The molecule has 0 amide bonds. The van der Waals surface area contributed by atoms with Gasteiger partial charge in [-0.1, -0.05) is 0 Å². The quantitative estimate of drug-likeness (QED) is 0.240. The second-order valence-corrected chi connectivity index (χ2v) is 9.17. The van der Waals surface area contributed by atoms with E-state index in [2.05, 4.69) is 26.8 Å². The van der Waals surface area contributed by atoms with Gasteiger partial charge in [-0.15, -0.1) is 5.92 Å². The molecule has 1 aliphatic rings. The highest BCUT2D eigenvalue weighted by atomic mass is 32.2. The fourth-order valence-electron chi connectivity index (χ4n) is 3.19. The third-order valence-corrected chi connectivity index (χ3v) is 7.05. The fraction of sp³-hybridized carbons (Fsp3) is 0.556. The number of rotatable bonds is 8. The summed E-state index contributed by atoms with van der Waals surface area (Å²) < 4.78 is 7.50. The Bertz CT molecular complexity index is 959. The van der Waals surface area contributed by atoms with Gasteiger partial charge in [0.2, 0.25) is 0 Å². The number of hydrogen-bond donors (Lipinski definition) is 5. The molecule has 0 saturated carbocycles. The molecule has 3 heterocycles. The van der Waals surface area contributed by atoms with Crippen molar-refractivity contribution in [1.82, 2.24) is 19.5 Å². The van der Waals surface area contributed by atoms with Crippen LogP contribution in [0.25, 0.3) is 11.2 Å². The molecule has 0 bridgehead atoms. The van der Waals surface area contributed by atoms with Gasteiger partial charge in [-0.05, 0) is 12.8 Å². The van der Waals surface area contributed by atoms with Crippen molar-refractivity contribution in [3.63, 3.8) is 0 Å². The Hall–Kier alpha value is -2.43. The highest BCUT2D eigenvalue weighted by Gasteiger charge is 2.47. The molecule has 1 unspecified atom stereocenters. The summed E-state index contributed by atoms with van der Waals surface area (Å²) in [7, 11) is -0.363. The van der Waals surface area contributed by atoms with Gasteiger partial charge in [0, 0.05) is 17.3 Å². The van der Waals surface area contributed by atoms with Gasteiger partial charge in [-0.2, -0.15) is 0 Å². The SMILES string of the molecule is CC#CC[S@@+](CC[C@H](N)C(=O)O)C[C@H]1O[C@@H](n2cnc3c(N)ncnc32)[C@@H](O)C1O. The molecule has 1 aliphatic heterocycles. The van der Waals surface area contributed by atoms with E-state index in [-0.39, 0.29) is 16.7 Å². The smallest absolute Gasteiger partial charge is 0.320 e. The van der Waals surface area contributed by atoms with E-state index >= 15 is 0 Å². The third kappa shape index (κ3) is 4.66. The van der Waals surface area contributed by atoms with Crippen molar-refractivity contribution in [2.45, 2.75) is 43.9 Å². The monoisotopic (exact) mass is 437 g/mol. The Morgan fingerprint density at radius 3 is 2.83 bits per heavy atom. The lowest BCUT2D eigenvalue weighted by atomic mass is 10.1. The number of ether oxygens (including phenoxy) is 1. The number of fused-ring (bicyclic) bond motifs is 1. The van der Waals surface area contributed by atoms with E-state index in [9.17, 15) is 15.0 Å². The number of anilines is 1. The molecule has 11 nitrogen and oxygen atoms in total. The molecule has 7 N–H and O–H groups in total. The zero-order valence-corrected chi connectivity index (χ0v) is 17.2. The van der Waals surface area contributed by atoms with Crippen LogP contribution < -0.4 is 11.5 Å². The number of aliphatic carboxylic acids is 1. The first-order valence-electron chi connectivity index (χ1n) is 9.30. The number of nitrogens with two attached hydrogens (primary N) is 2. The van der Waals surface area contributed by atoms with Gasteiger partial charge in [0.25, 0.3) is 0 Å². The first kappa shape index (κ1) is 22.3. The van der Waals surface area contributed by atoms with E-state index < -0.39 is 36.6 Å². The van der Waals surface area contributed by atoms with Crippen LogP contribution in [0.5, 0.6) is 0 Å². The summed E-state index contributed by atoms with van der Waals surface area (Å²) in [5.74, 6) is 6.47. The number of carboxylic acid groups (broad SMARTS) is 1. The number of carboxylic acids is 1. The van der Waals surface area contributed by atoms with Crippen LogP contribution in [0, 0.1) is 11.8 Å². The first-order chi connectivity index (χ1) is 14.3. The number of nitrogens with zero attached hydrogens (tertiary/aromatic N) is 4. The molecule has 0 aliphatic carbocycles. The Kier molecular flexibility index (Phi) is 7.11. The molecule has 12 heteroatoms. The van der Waals surface area contributed by atoms with Gasteiger partial charge in [-0.3, -0.25) is 9.36 Å². The Labute approximate surface area is 175 Å². The van der Waals surface area contributed by atoms with Crippen LogP contribution in [0.3, 0.4) is 0 Å². The summed E-state index contributed by atoms with van der Waals surface area (Å²) in [6, 6.07) is -0.954. The van der Waals surface area contributed by atoms with Crippen LogP contribution in [0.15, 0.2) is 12.7 Å². The van der Waals surface area contributed by atoms with Crippen LogP contribution in [0.1, 0.15) is 19.6 Å². The normalized spacial score (nSPS) is 25.6. The number of aromatic nitrogens is 4. The van der Waals surface area contributed by atoms with Gasteiger partial charge in [-0.25, -0.2) is 15.0 Å². The van der Waals surface area contributed by atoms with Crippen LogP contribution in [0.4, 0.5) is 5.82 Å². The minimum absolute atomic E-state index is 0.206. The summed E-state index contributed by atoms with van der Waals surface area (Å²) in [5.41, 5.74) is 12.2. The number of carbonyl (C=O) groups is 1.